The first-order chi connectivity index (χ1) is 5.56. The lowest BCUT2D eigenvalue weighted by molar-refractivity contribution is 0.570. The van der Waals surface area contributed by atoms with Crippen molar-refractivity contribution in [2.75, 3.05) is 0 Å². The summed E-state index contributed by atoms with van der Waals surface area (Å²) < 4.78 is 11.3. The molecule has 0 aliphatic rings. The van der Waals surface area contributed by atoms with E-state index in [0.29, 0.717) is 4.90 Å². The van der Waals surface area contributed by atoms with Crippen molar-refractivity contribution >= 4 is 24.7 Å². The van der Waals surface area contributed by atoms with Gasteiger partial charge in [0.25, 0.3) is 0 Å². The summed E-state index contributed by atoms with van der Waals surface area (Å²) in [6.45, 7) is 1.83. The van der Waals surface area contributed by atoms with E-state index in [1.165, 1.54) is 5.23 Å². The van der Waals surface area contributed by atoms with E-state index < -0.39 is 8.74 Å². The molecule has 0 radical (unpaired) electrons. The molecule has 0 amide bonds. The molecule has 0 saturated heterocycles. The summed E-state index contributed by atoms with van der Waals surface area (Å²) in [5, 5.41) is 1.33. The fraction of sp³-hybridized carbons (Fsp3) is 0.125. The molecule has 0 aliphatic carbocycles. The highest BCUT2D eigenvalue weighted by molar-refractivity contribution is 8.21. The number of aryl methyl sites for hydroxylation is 1. The van der Waals surface area contributed by atoms with Crippen LogP contribution in [0.3, 0.4) is 0 Å². The molecule has 0 saturated carbocycles. The van der Waals surface area contributed by atoms with Crippen molar-refractivity contribution < 1.29 is 9.00 Å². The molecule has 0 aliphatic heterocycles. The predicted octanol–water partition coefficient (Wildman–Crippen LogP) is 1.86. The van der Waals surface area contributed by atoms with Gasteiger partial charge in [0, 0.05) is 0 Å². The summed E-state index contributed by atoms with van der Waals surface area (Å²) >= 11 is 0. The fourth-order valence-electron chi connectivity index (χ4n) is 0.827. The minimum absolute atomic E-state index is 0.319. The maximum Gasteiger partial charge on any atom is 0.206 e. The summed E-state index contributed by atoms with van der Waals surface area (Å²) in [6, 6.07) is 6.69. The number of benzene rings is 1. The Morgan fingerprint density at radius 3 is 2.67 bits per heavy atom. The molecule has 0 N–H and O–H groups in total. The number of rotatable bonds is 1. The van der Waals surface area contributed by atoms with Crippen molar-refractivity contribution in [3.05, 3.63) is 29.8 Å². The standard InChI is InChI=1S/C8H7ClO2S/c1-7-3-2-4-8(5-7)12(9,11)6-10/h2-5H,1H3. The molecular formula is C8H7ClO2S. The Kier molecular flexibility index (Phi) is 2.58. The molecule has 12 heavy (non-hydrogen) atoms. The minimum Gasteiger partial charge on any atom is -0.236 e. The van der Waals surface area contributed by atoms with E-state index in [0.717, 1.165) is 5.56 Å². The number of hydrogen-bond donors (Lipinski definition) is 0. The second kappa shape index (κ2) is 3.31. The zero-order chi connectivity index (χ0) is 9.19. The van der Waals surface area contributed by atoms with Gasteiger partial charge in [0.2, 0.25) is 5.23 Å². The van der Waals surface area contributed by atoms with E-state index >= 15 is 0 Å². The Morgan fingerprint density at radius 1 is 1.50 bits per heavy atom. The van der Waals surface area contributed by atoms with Crippen LogP contribution in [-0.2, 0) is 13.5 Å². The van der Waals surface area contributed by atoms with Crippen molar-refractivity contribution in [1.82, 2.24) is 0 Å². The van der Waals surface area contributed by atoms with Gasteiger partial charge >= 0.3 is 0 Å². The van der Waals surface area contributed by atoms with Crippen molar-refractivity contribution in [1.29, 1.82) is 0 Å². The van der Waals surface area contributed by atoms with Crippen LogP contribution in [0.4, 0.5) is 0 Å². The average Bonchev–Trinajstić information content (AvgIpc) is 2.05. The lowest BCUT2D eigenvalue weighted by Gasteiger charge is -1.97. The number of halogens is 1. The van der Waals surface area contributed by atoms with Crippen LogP contribution in [0.5, 0.6) is 0 Å². The zero-order valence-corrected chi connectivity index (χ0v) is 7.98. The highest BCUT2D eigenvalue weighted by Crippen LogP contribution is 2.15. The maximum absolute atomic E-state index is 11.3. The van der Waals surface area contributed by atoms with E-state index in [-0.39, 0.29) is 0 Å². The van der Waals surface area contributed by atoms with Gasteiger partial charge in [0.15, 0.2) is 8.74 Å². The van der Waals surface area contributed by atoms with Crippen LogP contribution in [0.15, 0.2) is 29.2 Å². The largest absolute Gasteiger partial charge is 0.236 e. The van der Waals surface area contributed by atoms with E-state index in [2.05, 4.69) is 0 Å². The first kappa shape index (κ1) is 9.33. The molecule has 1 atom stereocenters. The SMILES string of the molecule is Cc1cccc(S(=O)(Cl)=C=O)c1. The Hall–Kier alpha value is -0.760. The van der Waals surface area contributed by atoms with E-state index in [1.54, 1.807) is 18.2 Å². The normalized spacial score (nSPS) is 14.8. The molecule has 64 valence electrons. The monoisotopic (exact) mass is 202 g/mol. The third-order valence-corrected chi connectivity index (χ3v) is 3.20. The molecular weight excluding hydrogens is 196 g/mol. The van der Waals surface area contributed by atoms with Gasteiger partial charge in [-0.15, -0.1) is 0 Å². The molecule has 4 heteroatoms. The molecule has 2 nitrogen and oxygen atoms in total. The van der Waals surface area contributed by atoms with Gasteiger partial charge in [0.05, 0.1) is 4.90 Å². The van der Waals surface area contributed by atoms with Crippen molar-refractivity contribution in [2.45, 2.75) is 11.8 Å². The smallest absolute Gasteiger partial charge is 0.206 e. The average molecular weight is 203 g/mol. The second-order valence-electron chi connectivity index (χ2n) is 2.39. The molecule has 0 spiro atoms. The Bertz CT molecular complexity index is 426. The third-order valence-electron chi connectivity index (χ3n) is 1.40. The summed E-state index contributed by atoms with van der Waals surface area (Å²) in [6.07, 6.45) is 0. The van der Waals surface area contributed by atoms with Crippen molar-refractivity contribution in [3.63, 3.8) is 0 Å². The molecule has 1 aromatic carbocycles. The topological polar surface area (TPSA) is 34.1 Å². The van der Waals surface area contributed by atoms with Crippen molar-refractivity contribution in [3.8, 4) is 0 Å². The van der Waals surface area contributed by atoms with Gasteiger partial charge in [-0.2, -0.15) is 0 Å². The first-order valence-corrected chi connectivity index (χ1v) is 5.64. The molecule has 1 unspecified atom stereocenters. The zero-order valence-electron chi connectivity index (χ0n) is 6.41. The molecule has 0 aromatic heterocycles. The highest BCUT2D eigenvalue weighted by atomic mass is 35.7. The third kappa shape index (κ3) is 1.89. The van der Waals surface area contributed by atoms with Gasteiger partial charge in [0.1, 0.15) is 0 Å². The minimum atomic E-state index is -3.10. The highest BCUT2D eigenvalue weighted by Gasteiger charge is 2.06. The Morgan fingerprint density at radius 2 is 2.17 bits per heavy atom. The van der Waals surface area contributed by atoms with Crippen LogP contribution in [0, 0.1) is 6.92 Å². The van der Waals surface area contributed by atoms with Crippen LogP contribution in [-0.4, -0.2) is 9.44 Å². The van der Waals surface area contributed by atoms with Gasteiger partial charge in [-0.3, -0.25) is 0 Å². The fourth-order valence-corrected chi connectivity index (χ4v) is 1.80. The number of hydrogen-bond acceptors (Lipinski definition) is 2. The molecule has 0 fully saturated rings. The predicted molar refractivity (Wildman–Crippen MR) is 49.1 cm³/mol. The van der Waals surface area contributed by atoms with E-state index in [1.807, 2.05) is 13.0 Å². The summed E-state index contributed by atoms with van der Waals surface area (Å²) in [7, 11) is 2.32. The quantitative estimate of drug-likeness (QED) is 0.515. The Labute approximate surface area is 75.7 Å². The number of carbonyl (C=O) groups excluding carboxylic acids is 1. The molecule has 0 bridgehead atoms. The van der Waals surface area contributed by atoms with Crippen LogP contribution in [0.25, 0.3) is 0 Å². The lowest BCUT2D eigenvalue weighted by Crippen LogP contribution is -1.91. The summed E-state index contributed by atoms with van der Waals surface area (Å²) in [4.78, 5) is 10.5. The second-order valence-corrected chi connectivity index (χ2v) is 5.30. The van der Waals surface area contributed by atoms with Gasteiger partial charge in [-0.25, -0.2) is 9.00 Å². The van der Waals surface area contributed by atoms with Crippen LogP contribution in [0.1, 0.15) is 5.56 Å². The summed E-state index contributed by atoms with van der Waals surface area (Å²) in [5.74, 6) is 0. The first-order valence-electron chi connectivity index (χ1n) is 3.25. The Balaban J connectivity index is 3.41. The molecule has 0 heterocycles. The van der Waals surface area contributed by atoms with Crippen LogP contribution < -0.4 is 0 Å². The van der Waals surface area contributed by atoms with Crippen LogP contribution in [0.2, 0.25) is 0 Å². The van der Waals surface area contributed by atoms with E-state index in [4.69, 9.17) is 10.7 Å². The van der Waals surface area contributed by atoms with Gasteiger partial charge in [-0.1, -0.05) is 12.1 Å². The van der Waals surface area contributed by atoms with Gasteiger partial charge in [-0.05, 0) is 35.3 Å². The molecule has 1 aromatic rings. The van der Waals surface area contributed by atoms with Crippen molar-refractivity contribution in [2.24, 2.45) is 0 Å². The van der Waals surface area contributed by atoms with Crippen LogP contribution >= 0.6 is 10.7 Å². The van der Waals surface area contributed by atoms with Gasteiger partial charge < -0.3 is 0 Å². The molecule has 1 rings (SSSR count). The maximum atomic E-state index is 11.3. The lowest BCUT2D eigenvalue weighted by atomic mass is 10.2. The summed E-state index contributed by atoms with van der Waals surface area (Å²) in [5.41, 5.74) is 0.913. The van der Waals surface area contributed by atoms with E-state index in [9.17, 15) is 9.00 Å².